The number of methoxy groups -OCH3 is 1. The Balaban J connectivity index is 1.90. The SMILES string of the molecule is COc1c(-c2cc(F)cc3cc[nH]c23)cc(F)c2c1-n1c(C)nnc1C(C)(C)N2. The molecule has 5 rings (SSSR count). The summed E-state index contributed by atoms with van der Waals surface area (Å²) in [7, 11) is 1.52. The van der Waals surface area contributed by atoms with E-state index in [-0.39, 0.29) is 0 Å². The third kappa shape index (κ3) is 2.38. The van der Waals surface area contributed by atoms with Gasteiger partial charge in [-0.05, 0) is 45.0 Å². The average molecular weight is 395 g/mol. The Morgan fingerprint density at radius 1 is 1.10 bits per heavy atom. The Hall–Kier alpha value is -3.42. The van der Waals surface area contributed by atoms with Gasteiger partial charge in [0.05, 0.1) is 23.9 Å². The van der Waals surface area contributed by atoms with Gasteiger partial charge in [-0.2, -0.15) is 0 Å². The van der Waals surface area contributed by atoms with E-state index in [9.17, 15) is 4.39 Å². The van der Waals surface area contributed by atoms with Crippen LogP contribution in [-0.4, -0.2) is 26.9 Å². The summed E-state index contributed by atoms with van der Waals surface area (Å²) in [6.45, 7) is 5.62. The molecule has 2 aromatic heterocycles. The van der Waals surface area contributed by atoms with Crippen LogP contribution in [0.15, 0.2) is 30.5 Å². The predicted molar refractivity (Wildman–Crippen MR) is 107 cm³/mol. The van der Waals surface area contributed by atoms with Crippen molar-refractivity contribution in [3.05, 3.63) is 53.7 Å². The lowest BCUT2D eigenvalue weighted by Gasteiger charge is -2.35. The van der Waals surface area contributed by atoms with Gasteiger partial charge in [-0.3, -0.25) is 4.57 Å². The first-order chi connectivity index (χ1) is 13.8. The molecule has 2 aromatic carbocycles. The Kier molecular flexibility index (Phi) is 3.53. The molecule has 0 saturated carbocycles. The monoisotopic (exact) mass is 395 g/mol. The highest BCUT2D eigenvalue weighted by Crippen LogP contribution is 2.48. The van der Waals surface area contributed by atoms with Gasteiger partial charge < -0.3 is 15.0 Å². The number of ether oxygens (including phenoxy) is 1. The predicted octanol–water partition coefficient (Wildman–Crippen LogP) is 4.67. The van der Waals surface area contributed by atoms with E-state index < -0.39 is 17.2 Å². The number of halogens is 2. The van der Waals surface area contributed by atoms with Gasteiger partial charge in [0.2, 0.25) is 0 Å². The minimum absolute atomic E-state index is 0.296. The van der Waals surface area contributed by atoms with Crippen LogP contribution < -0.4 is 10.1 Å². The van der Waals surface area contributed by atoms with Crippen LogP contribution in [0.4, 0.5) is 14.5 Å². The van der Waals surface area contributed by atoms with E-state index >= 15 is 4.39 Å². The molecule has 0 unspecified atom stereocenters. The molecule has 0 radical (unpaired) electrons. The van der Waals surface area contributed by atoms with E-state index in [0.717, 1.165) is 0 Å². The molecule has 1 aliphatic heterocycles. The Bertz CT molecular complexity index is 1290. The van der Waals surface area contributed by atoms with Crippen molar-refractivity contribution in [1.29, 1.82) is 0 Å². The molecule has 0 atom stereocenters. The zero-order chi connectivity index (χ0) is 20.5. The number of nitrogens with zero attached hydrogens (tertiary/aromatic N) is 3. The number of fused-ring (bicyclic) bond motifs is 4. The maximum Gasteiger partial charge on any atom is 0.162 e. The van der Waals surface area contributed by atoms with Crippen molar-refractivity contribution in [2.45, 2.75) is 26.3 Å². The van der Waals surface area contributed by atoms with Gasteiger partial charge in [-0.1, -0.05) is 0 Å². The molecule has 3 heterocycles. The molecule has 0 saturated heterocycles. The highest BCUT2D eigenvalue weighted by atomic mass is 19.1. The highest BCUT2D eigenvalue weighted by molar-refractivity contribution is 5.98. The fourth-order valence-electron chi connectivity index (χ4n) is 4.11. The number of rotatable bonds is 2. The van der Waals surface area contributed by atoms with Gasteiger partial charge in [-0.15, -0.1) is 10.2 Å². The molecule has 1 aliphatic rings. The normalized spacial score (nSPS) is 14.4. The molecule has 6 nitrogen and oxygen atoms in total. The van der Waals surface area contributed by atoms with E-state index in [4.69, 9.17) is 4.74 Å². The van der Waals surface area contributed by atoms with Crippen LogP contribution in [0, 0.1) is 18.6 Å². The zero-order valence-electron chi connectivity index (χ0n) is 16.4. The molecule has 4 aromatic rings. The van der Waals surface area contributed by atoms with E-state index in [1.54, 1.807) is 23.8 Å². The van der Waals surface area contributed by atoms with Gasteiger partial charge in [0.25, 0.3) is 0 Å². The number of anilines is 1. The number of hydrogen-bond donors (Lipinski definition) is 2. The fraction of sp³-hybridized carbons (Fsp3) is 0.238. The molecule has 8 heteroatoms. The Morgan fingerprint density at radius 2 is 1.90 bits per heavy atom. The molecule has 148 valence electrons. The lowest BCUT2D eigenvalue weighted by Crippen LogP contribution is -2.36. The van der Waals surface area contributed by atoms with Gasteiger partial charge in [0, 0.05) is 22.7 Å². The second kappa shape index (κ2) is 5.79. The maximum atomic E-state index is 15.4. The van der Waals surface area contributed by atoms with Gasteiger partial charge in [0.15, 0.2) is 11.6 Å². The molecular weight excluding hydrogens is 376 g/mol. The molecule has 2 N–H and O–H groups in total. The molecule has 0 spiro atoms. The van der Waals surface area contributed by atoms with Gasteiger partial charge in [0.1, 0.15) is 23.1 Å². The second-order valence-electron chi connectivity index (χ2n) is 7.71. The standard InChI is InChI=1S/C21H19F2N5O/c1-10-26-27-20-21(2,3)25-17-15(23)9-14(19(29-4)18(17)28(10)20)13-8-12(22)7-11-5-6-24-16(11)13/h5-9,24-25H,1-4H3. The molecule has 0 fully saturated rings. The number of aromatic nitrogens is 4. The Labute approximate surface area is 165 Å². The first-order valence-corrected chi connectivity index (χ1v) is 9.20. The summed E-state index contributed by atoms with van der Waals surface area (Å²) in [5, 5.41) is 12.4. The third-order valence-corrected chi connectivity index (χ3v) is 5.37. The number of aromatic amines is 1. The summed E-state index contributed by atoms with van der Waals surface area (Å²) >= 11 is 0. The van der Waals surface area contributed by atoms with Crippen molar-refractivity contribution in [3.8, 4) is 22.6 Å². The van der Waals surface area contributed by atoms with Crippen LogP contribution in [0.3, 0.4) is 0 Å². The van der Waals surface area contributed by atoms with E-state index in [1.807, 2.05) is 13.8 Å². The number of H-pyrrole nitrogens is 1. The largest absolute Gasteiger partial charge is 0.494 e. The lowest BCUT2D eigenvalue weighted by molar-refractivity contribution is 0.409. The Morgan fingerprint density at radius 3 is 2.66 bits per heavy atom. The minimum atomic E-state index is -0.632. The van der Waals surface area contributed by atoms with Gasteiger partial charge >= 0.3 is 0 Å². The van der Waals surface area contributed by atoms with E-state index in [0.29, 0.717) is 50.8 Å². The highest BCUT2D eigenvalue weighted by Gasteiger charge is 2.38. The number of hydrogen-bond acceptors (Lipinski definition) is 4. The van der Waals surface area contributed by atoms with Crippen molar-refractivity contribution in [3.63, 3.8) is 0 Å². The fourth-order valence-corrected chi connectivity index (χ4v) is 4.11. The van der Waals surface area contributed by atoms with Crippen LogP contribution in [0.5, 0.6) is 5.75 Å². The number of aryl methyl sites for hydroxylation is 1. The van der Waals surface area contributed by atoms with Crippen molar-refractivity contribution in [1.82, 2.24) is 19.7 Å². The number of benzene rings is 2. The molecule has 0 bridgehead atoms. The smallest absolute Gasteiger partial charge is 0.162 e. The van der Waals surface area contributed by atoms with E-state index in [2.05, 4.69) is 20.5 Å². The summed E-state index contributed by atoms with van der Waals surface area (Å²) in [5.41, 5.74) is 1.80. The van der Waals surface area contributed by atoms with Crippen LogP contribution in [0.2, 0.25) is 0 Å². The minimum Gasteiger partial charge on any atom is -0.494 e. The first-order valence-electron chi connectivity index (χ1n) is 9.20. The molecule has 0 amide bonds. The quantitative estimate of drug-likeness (QED) is 0.518. The van der Waals surface area contributed by atoms with Crippen molar-refractivity contribution in [2.75, 3.05) is 12.4 Å². The average Bonchev–Trinajstić information content (AvgIpc) is 3.28. The topological polar surface area (TPSA) is 67.8 Å². The van der Waals surface area contributed by atoms with Crippen molar-refractivity contribution < 1.29 is 13.5 Å². The van der Waals surface area contributed by atoms with Crippen LogP contribution in [0.25, 0.3) is 27.7 Å². The van der Waals surface area contributed by atoms with Crippen LogP contribution >= 0.6 is 0 Å². The van der Waals surface area contributed by atoms with E-state index in [1.165, 1.54) is 25.3 Å². The number of nitrogens with one attached hydrogen (secondary N) is 2. The second-order valence-corrected chi connectivity index (χ2v) is 7.71. The summed E-state index contributed by atoms with van der Waals surface area (Å²) in [4.78, 5) is 3.11. The summed E-state index contributed by atoms with van der Waals surface area (Å²) in [6, 6.07) is 5.96. The van der Waals surface area contributed by atoms with Crippen LogP contribution in [0.1, 0.15) is 25.5 Å². The van der Waals surface area contributed by atoms with Gasteiger partial charge in [-0.25, -0.2) is 8.78 Å². The summed E-state index contributed by atoms with van der Waals surface area (Å²) < 4.78 is 37.2. The lowest BCUT2D eigenvalue weighted by atomic mass is 9.95. The molecular formula is C21H19F2N5O. The van der Waals surface area contributed by atoms with Crippen LogP contribution in [-0.2, 0) is 5.54 Å². The first kappa shape index (κ1) is 17.7. The zero-order valence-corrected chi connectivity index (χ0v) is 16.4. The summed E-state index contributed by atoms with van der Waals surface area (Å²) in [6.07, 6.45) is 1.72. The van der Waals surface area contributed by atoms with Crippen molar-refractivity contribution >= 4 is 16.6 Å². The summed E-state index contributed by atoms with van der Waals surface area (Å²) in [5.74, 6) is 0.783. The third-order valence-electron chi connectivity index (χ3n) is 5.37. The van der Waals surface area contributed by atoms with Crippen molar-refractivity contribution in [2.24, 2.45) is 0 Å². The molecule has 29 heavy (non-hydrogen) atoms. The maximum absolute atomic E-state index is 15.4. The molecule has 0 aliphatic carbocycles.